The van der Waals surface area contributed by atoms with E-state index in [-0.39, 0.29) is 39.9 Å². The molecule has 64 heavy (non-hydrogen) atoms. The van der Waals surface area contributed by atoms with Crippen molar-refractivity contribution in [1.82, 2.24) is 0 Å². The third-order valence-corrected chi connectivity index (χ3v) is 14.2. The van der Waals surface area contributed by atoms with E-state index in [2.05, 4.69) is 45.0 Å². The van der Waals surface area contributed by atoms with Crippen molar-refractivity contribution in [2.24, 2.45) is 23.2 Å². The number of aliphatic hydroxyl groups is 5. The Kier molecular flexibility index (Phi) is 13.6. The molecule has 5 N–H and O–H groups in total. The summed E-state index contributed by atoms with van der Waals surface area (Å²) in [4.78, 5) is 58.1. The second-order valence-corrected chi connectivity index (χ2v) is 17.8. The number of Topliss-reactive ketones (excluding diaryl/α,β-unsaturated/α-hetero) is 3. The van der Waals surface area contributed by atoms with Crippen LogP contribution in [0.25, 0.3) is 0 Å². The second-order valence-electron chi connectivity index (χ2n) is 17.8. The van der Waals surface area contributed by atoms with E-state index in [0.29, 0.717) is 12.8 Å². The molecule has 0 bridgehead atoms. The van der Waals surface area contributed by atoms with E-state index in [1.807, 2.05) is 36.4 Å². The highest BCUT2D eigenvalue weighted by molar-refractivity contribution is 6.18. The van der Waals surface area contributed by atoms with Crippen LogP contribution in [-0.2, 0) is 27.1 Å². The van der Waals surface area contributed by atoms with Crippen molar-refractivity contribution in [3.63, 3.8) is 0 Å². The van der Waals surface area contributed by atoms with Crippen molar-refractivity contribution < 1.29 is 54.2 Å². The number of benzene rings is 5. The van der Waals surface area contributed by atoms with Crippen LogP contribution in [-0.4, -0.2) is 96.7 Å². The number of carbonyl (C=O) groups is 4. The monoisotopic (exact) mass is 868 g/mol. The van der Waals surface area contributed by atoms with Gasteiger partial charge in [0.15, 0.2) is 17.3 Å². The Balaban J connectivity index is 1.25. The molecule has 11 heteroatoms. The zero-order valence-electron chi connectivity index (χ0n) is 36.2. The van der Waals surface area contributed by atoms with Gasteiger partial charge < -0.3 is 35.0 Å². The van der Waals surface area contributed by atoms with Gasteiger partial charge in [0.25, 0.3) is 0 Å². The highest BCUT2D eigenvalue weighted by atomic mass is 16.6. The zero-order valence-corrected chi connectivity index (χ0v) is 36.2. The Morgan fingerprint density at radius 1 is 0.578 bits per heavy atom. The van der Waals surface area contributed by atoms with Gasteiger partial charge in [0.1, 0.15) is 18.8 Å². The van der Waals surface area contributed by atoms with Gasteiger partial charge in [-0.25, -0.2) is 4.79 Å². The van der Waals surface area contributed by atoms with Crippen LogP contribution in [0.4, 0.5) is 0 Å². The first-order chi connectivity index (χ1) is 30.6. The standard InChI is InChI=1S/C53H56O11/c1-34(2)50(3)40(31-35-19-9-4-10-20-35)29-30-42(41(50)32-36-21-11-5-12-22-36)63-33-43(54)64-44-48(58)51(60,45(55)37-23-13-6-14-24-37)53(62,47(57)39-27-17-8-18-28-39)52(61,49(44)59)46(56)38-25-15-7-16-26-38/h4-28,34,40-42,44,48-49,58-62H,29-33H2,1-3H3/t40?,41?,42?,44-,48-,49-,50?,51+,52-,53-/m1/s1. The summed E-state index contributed by atoms with van der Waals surface area (Å²) in [5.41, 5.74) is -10.7. The lowest BCUT2D eigenvalue weighted by atomic mass is 9.53. The van der Waals surface area contributed by atoms with Crippen molar-refractivity contribution in [2.75, 3.05) is 6.61 Å². The molecule has 2 aliphatic rings. The topological polar surface area (TPSA) is 188 Å². The molecule has 5 aromatic carbocycles. The Morgan fingerprint density at radius 2 is 0.969 bits per heavy atom. The lowest BCUT2D eigenvalue weighted by molar-refractivity contribution is -0.300. The molecule has 7 rings (SSSR count). The summed E-state index contributed by atoms with van der Waals surface area (Å²) in [6.45, 7) is 5.93. The molecule has 4 unspecified atom stereocenters. The van der Waals surface area contributed by atoms with E-state index < -0.39 is 71.1 Å². The van der Waals surface area contributed by atoms with Gasteiger partial charge in [0.05, 0.1) is 6.10 Å². The molecule has 2 fully saturated rings. The number of carbonyl (C=O) groups excluding carboxylic acids is 4. The van der Waals surface area contributed by atoms with Gasteiger partial charge in [-0.3, -0.25) is 14.4 Å². The normalized spacial score (nSPS) is 30.3. The summed E-state index contributed by atoms with van der Waals surface area (Å²) in [7, 11) is 0. The molecule has 11 nitrogen and oxygen atoms in total. The summed E-state index contributed by atoms with van der Waals surface area (Å²) in [6.07, 6.45) is -5.70. The fourth-order valence-electron chi connectivity index (χ4n) is 10.3. The maximum atomic E-state index is 14.7. The molecular weight excluding hydrogens is 813 g/mol. The minimum Gasteiger partial charge on any atom is -0.455 e. The second kappa shape index (κ2) is 18.8. The first-order valence-corrected chi connectivity index (χ1v) is 21.8. The molecule has 0 saturated heterocycles. The number of rotatable bonds is 15. The van der Waals surface area contributed by atoms with Crippen LogP contribution in [0.2, 0.25) is 0 Å². The van der Waals surface area contributed by atoms with Crippen molar-refractivity contribution in [3.05, 3.63) is 179 Å². The highest BCUT2D eigenvalue weighted by Crippen LogP contribution is 2.54. The summed E-state index contributed by atoms with van der Waals surface area (Å²) < 4.78 is 12.2. The number of ketones is 3. The number of hydrogen-bond donors (Lipinski definition) is 5. The van der Waals surface area contributed by atoms with E-state index in [1.165, 1.54) is 84.4 Å². The molecule has 0 aliphatic heterocycles. The van der Waals surface area contributed by atoms with Crippen molar-refractivity contribution in [2.45, 2.75) is 87.7 Å². The fraction of sp³-hybridized carbons (Fsp3) is 0.358. The highest BCUT2D eigenvalue weighted by Gasteiger charge is 2.82. The largest absolute Gasteiger partial charge is 0.455 e. The van der Waals surface area contributed by atoms with Gasteiger partial charge in [-0.15, -0.1) is 0 Å². The van der Waals surface area contributed by atoms with Crippen LogP contribution in [0.1, 0.15) is 75.8 Å². The maximum absolute atomic E-state index is 14.7. The quantitative estimate of drug-likeness (QED) is 0.0611. The van der Waals surface area contributed by atoms with Gasteiger partial charge in [-0.05, 0) is 60.0 Å². The lowest BCUT2D eigenvalue weighted by Gasteiger charge is -2.58. The molecule has 10 atom stereocenters. The molecular formula is C53H56O11. The average Bonchev–Trinajstić information content (AvgIpc) is 3.33. The van der Waals surface area contributed by atoms with E-state index in [4.69, 9.17) is 9.47 Å². The molecule has 0 aromatic heterocycles. The maximum Gasteiger partial charge on any atom is 0.332 e. The third-order valence-electron chi connectivity index (χ3n) is 14.2. The predicted octanol–water partition coefficient (Wildman–Crippen LogP) is 6.03. The summed E-state index contributed by atoms with van der Waals surface area (Å²) in [5.74, 6) is -5.39. The number of aliphatic hydroxyl groups excluding tert-OH is 2. The van der Waals surface area contributed by atoms with E-state index in [9.17, 15) is 44.7 Å². The zero-order chi connectivity index (χ0) is 45.9. The molecule has 0 radical (unpaired) electrons. The third kappa shape index (κ3) is 8.06. The van der Waals surface area contributed by atoms with Gasteiger partial charge in [0, 0.05) is 16.7 Å². The minimum atomic E-state index is -4.00. The summed E-state index contributed by atoms with van der Waals surface area (Å²) in [6, 6.07) is 40.7. The minimum absolute atomic E-state index is 0.0998. The van der Waals surface area contributed by atoms with Crippen LogP contribution < -0.4 is 0 Å². The number of ether oxygens (including phenoxy) is 2. The predicted molar refractivity (Wildman–Crippen MR) is 238 cm³/mol. The van der Waals surface area contributed by atoms with Crippen molar-refractivity contribution in [3.8, 4) is 0 Å². The van der Waals surface area contributed by atoms with Crippen molar-refractivity contribution >= 4 is 23.3 Å². The number of hydrogen-bond acceptors (Lipinski definition) is 11. The fourth-order valence-corrected chi connectivity index (χ4v) is 10.3. The molecule has 2 saturated carbocycles. The van der Waals surface area contributed by atoms with Crippen LogP contribution in [0.15, 0.2) is 152 Å². The molecule has 0 heterocycles. The van der Waals surface area contributed by atoms with Gasteiger partial charge in [0.2, 0.25) is 23.0 Å². The van der Waals surface area contributed by atoms with Crippen molar-refractivity contribution in [1.29, 1.82) is 0 Å². The van der Waals surface area contributed by atoms with E-state index >= 15 is 0 Å². The lowest BCUT2D eigenvalue weighted by Crippen LogP contribution is -2.89. The Bertz CT molecular complexity index is 2320. The van der Waals surface area contributed by atoms with Crippen LogP contribution >= 0.6 is 0 Å². The Morgan fingerprint density at radius 3 is 1.39 bits per heavy atom. The summed E-state index contributed by atoms with van der Waals surface area (Å²) >= 11 is 0. The SMILES string of the molecule is CC(C)C1(C)C(Cc2ccccc2)CCC(OCC(=O)O[C@H]2[C@@H](O)[C@](O)(C(=O)c3ccccc3)[C@@](O)(C(=O)c3ccccc3)[C@](O)(C(=O)c3ccccc3)[C@@H]2O)C1Cc1ccccc1. The van der Waals surface area contributed by atoms with E-state index in [1.54, 1.807) is 12.1 Å². The van der Waals surface area contributed by atoms with Crippen LogP contribution in [0, 0.1) is 23.2 Å². The average molecular weight is 869 g/mol. The molecule has 0 amide bonds. The number of esters is 1. The van der Waals surface area contributed by atoms with E-state index in [0.717, 1.165) is 18.4 Å². The van der Waals surface area contributed by atoms with Gasteiger partial charge in [-0.1, -0.05) is 172 Å². The first kappa shape index (κ1) is 46.3. The Labute approximate surface area is 373 Å². The molecule has 334 valence electrons. The molecule has 2 aliphatic carbocycles. The van der Waals surface area contributed by atoms with Crippen LogP contribution in [0.5, 0.6) is 0 Å². The summed E-state index contributed by atoms with van der Waals surface area (Å²) in [5, 5.41) is 62.7. The van der Waals surface area contributed by atoms with Crippen LogP contribution in [0.3, 0.4) is 0 Å². The van der Waals surface area contributed by atoms with Gasteiger partial charge >= 0.3 is 5.97 Å². The molecule has 5 aromatic rings. The first-order valence-electron chi connectivity index (χ1n) is 21.8. The van der Waals surface area contributed by atoms with Gasteiger partial charge in [-0.2, -0.15) is 0 Å². The smallest absolute Gasteiger partial charge is 0.332 e. The molecule has 0 spiro atoms. The Hall–Kier alpha value is -5.66.